The maximum absolute atomic E-state index is 12.8. The number of hydrogen-bond donors (Lipinski definition) is 0. The monoisotopic (exact) mass is 344 g/mol. The molecule has 0 spiro atoms. The van der Waals surface area contributed by atoms with Gasteiger partial charge in [0.05, 0.1) is 18.3 Å². The molecule has 1 atom stereocenters. The highest BCUT2D eigenvalue weighted by Crippen LogP contribution is 2.51. The van der Waals surface area contributed by atoms with E-state index in [9.17, 15) is 17.7 Å². The quantitative estimate of drug-likeness (QED) is 0.648. The van der Waals surface area contributed by atoms with Gasteiger partial charge in [-0.1, -0.05) is 36.4 Å². The van der Waals surface area contributed by atoms with E-state index in [1.807, 2.05) is 6.07 Å². The molecule has 7 heteroatoms. The molecular formula is C16H16F3O3P. The second kappa shape index (κ2) is 7.20. The van der Waals surface area contributed by atoms with Gasteiger partial charge in [0.25, 0.3) is 0 Å². The van der Waals surface area contributed by atoms with Crippen LogP contribution in [0.2, 0.25) is 0 Å². The van der Waals surface area contributed by atoms with Crippen LogP contribution in [-0.4, -0.2) is 6.61 Å². The molecule has 0 heterocycles. The highest BCUT2D eigenvalue weighted by molar-refractivity contribution is 7.53. The first kappa shape index (κ1) is 17.6. The molecule has 0 aliphatic carbocycles. The van der Waals surface area contributed by atoms with Gasteiger partial charge in [-0.25, -0.2) is 4.57 Å². The molecule has 0 amide bonds. The van der Waals surface area contributed by atoms with Crippen molar-refractivity contribution in [1.82, 2.24) is 0 Å². The van der Waals surface area contributed by atoms with Gasteiger partial charge in [0, 0.05) is 0 Å². The van der Waals surface area contributed by atoms with Crippen LogP contribution >= 0.6 is 7.60 Å². The van der Waals surface area contributed by atoms with E-state index in [1.165, 1.54) is 12.1 Å². The van der Waals surface area contributed by atoms with Gasteiger partial charge < -0.3 is 4.52 Å². The van der Waals surface area contributed by atoms with Crippen LogP contribution in [0.15, 0.2) is 54.6 Å². The molecule has 0 bridgehead atoms. The molecule has 2 aromatic rings. The lowest BCUT2D eigenvalue weighted by Crippen LogP contribution is -2.06. The fraction of sp³-hybridized carbons (Fsp3) is 0.250. The van der Waals surface area contributed by atoms with Crippen molar-refractivity contribution in [3.8, 4) is 5.75 Å². The minimum atomic E-state index is -4.49. The number of rotatable bonds is 6. The number of alkyl halides is 3. The zero-order valence-corrected chi connectivity index (χ0v) is 13.3. The number of benzene rings is 2. The fourth-order valence-corrected chi connectivity index (χ4v) is 3.69. The molecule has 0 aliphatic rings. The summed E-state index contributed by atoms with van der Waals surface area (Å²) in [5, 5.41) is 0. The molecule has 2 aromatic carbocycles. The smallest absolute Gasteiger partial charge is 0.416 e. The maximum Gasteiger partial charge on any atom is 0.416 e. The standard InChI is InChI=1S/C16H16F3O3P/c1-2-21-23(20,12-13-7-4-3-5-8-13)22-15-10-6-9-14(11-15)16(17,18)19/h3-11H,2,12H2,1H3. The van der Waals surface area contributed by atoms with Crippen molar-refractivity contribution < 1.29 is 26.8 Å². The summed E-state index contributed by atoms with van der Waals surface area (Å²) in [6, 6.07) is 13.1. The first-order valence-electron chi connectivity index (χ1n) is 6.97. The summed E-state index contributed by atoms with van der Waals surface area (Å²) in [5.41, 5.74) is -0.144. The number of halogens is 3. The van der Waals surface area contributed by atoms with E-state index >= 15 is 0 Å². The van der Waals surface area contributed by atoms with Crippen molar-refractivity contribution in [3.63, 3.8) is 0 Å². The van der Waals surface area contributed by atoms with E-state index in [2.05, 4.69) is 0 Å². The van der Waals surface area contributed by atoms with Crippen molar-refractivity contribution in [1.29, 1.82) is 0 Å². The van der Waals surface area contributed by atoms with Gasteiger partial charge >= 0.3 is 13.8 Å². The Balaban J connectivity index is 2.24. The Hall–Kier alpha value is -1.78. The van der Waals surface area contributed by atoms with Crippen molar-refractivity contribution in [2.45, 2.75) is 19.3 Å². The zero-order chi connectivity index (χ0) is 16.9. The van der Waals surface area contributed by atoms with Gasteiger partial charge in [0.15, 0.2) is 0 Å². The highest BCUT2D eigenvalue weighted by Gasteiger charge is 2.32. The molecule has 0 aliphatic heterocycles. The third kappa shape index (κ3) is 5.12. The van der Waals surface area contributed by atoms with Gasteiger partial charge in [0.2, 0.25) is 0 Å². The van der Waals surface area contributed by atoms with Crippen LogP contribution in [0, 0.1) is 0 Å². The molecule has 0 aromatic heterocycles. The predicted molar refractivity (Wildman–Crippen MR) is 81.5 cm³/mol. The summed E-state index contributed by atoms with van der Waals surface area (Å²) in [4.78, 5) is 0. The van der Waals surface area contributed by atoms with Gasteiger partial charge in [-0.15, -0.1) is 0 Å². The Labute approximate surface area is 132 Å². The van der Waals surface area contributed by atoms with Crippen LogP contribution in [0.25, 0.3) is 0 Å². The molecule has 3 nitrogen and oxygen atoms in total. The SMILES string of the molecule is CCOP(=O)(Cc1ccccc1)Oc1cccc(C(F)(F)F)c1. The minimum absolute atomic E-state index is 0.0159. The molecule has 0 radical (unpaired) electrons. The molecule has 0 N–H and O–H groups in total. The van der Waals surface area contributed by atoms with Crippen LogP contribution in [0.1, 0.15) is 18.1 Å². The summed E-state index contributed by atoms with van der Waals surface area (Å²) in [6.07, 6.45) is -4.51. The van der Waals surface area contributed by atoms with Crippen LogP contribution in [-0.2, 0) is 21.4 Å². The molecule has 2 rings (SSSR count). The average molecular weight is 344 g/mol. The molecule has 23 heavy (non-hydrogen) atoms. The zero-order valence-electron chi connectivity index (χ0n) is 12.4. The molecule has 0 saturated carbocycles. The normalized spacial score (nSPS) is 14.3. The van der Waals surface area contributed by atoms with E-state index in [4.69, 9.17) is 9.05 Å². The first-order valence-corrected chi connectivity index (χ1v) is 8.69. The van der Waals surface area contributed by atoms with Crippen molar-refractivity contribution in [2.75, 3.05) is 6.61 Å². The van der Waals surface area contributed by atoms with Gasteiger partial charge in [0.1, 0.15) is 5.75 Å². The Morgan fingerprint density at radius 3 is 2.35 bits per heavy atom. The summed E-state index contributed by atoms with van der Waals surface area (Å²) in [5.74, 6) is -0.132. The molecule has 0 fully saturated rings. The van der Waals surface area contributed by atoms with Gasteiger partial charge in [-0.2, -0.15) is 13.2 Å². The molecule has 124 valence electrons. The van der Waals surface area contributed by atoms with E-state index in [0.29, 0.717) is 0 Å². The molecular weight excluding hydrogens is 328 g/mol. The third-order valence-corrected chi connectivity index (χ3v) is 4.84. The Morgan fingerprint density at radius 1 is 1.04 bits per heavy atom. The van der Waals surface area contributed by atoms with Crippen LogP contribution < -0.4 is 4.52 Å². The van der Waals surface area contributed by atoms with E-state index in [-0.39, 0.29) is 18.5 Å². The Kier molecular flexibility index (Phi) is 5.50. The van der Waals surface area contributed by atoms with Crippen LogP contribution in [0.5, 0.6) is 5.75 Å². The third-order valence-electron chi connectivity index (χ3n) is 2.95. The summed E-state index contributed by atoms with van der Waals surface area (Å²) < 4.78 is 61.5. The maximum atomic E-state index is 12.8. The van der Waals surface area contributed by atoms with E-state index < -0.39 is 19.3 Å². The second-order valence-electron chi connectivity index (χ2n) is 4.79. The van der Waals surface area contributed by atoms with Crippen molar-refractivity contribution in [3.05, 3.63) is 65.7 Å². The van der Waals surface area contributed by atoms with Crippen LogP contribution in [0.4, 0.5) is 13.2 Å². The average Bonchev–Trinajstić information content (AvgIpc) is 2.47. The Bertz CT molecular complexity index is 686. The number of hydrogen-bond acceptors (Lipinski definition) is 3. The van der Waals surface area contributed by atoms with E-state index in [1.54, 1.807) is 31.2 Å². The largest absolute Gasteiger partial charge is 0.424 e. The second-order valence-corrected chi connectivity index (χ2v) is 6.77. The lowest BCUT2D eigenvalue weighted by molar-refractivity contribution is -0.137. The highest BCUT2D eigenvalue weighted by atomic mass is 31.2. The molecule has 1 unspecified atom stereocenters. The lowest BCUT2D eigenvalue weighted by Gasteiger charge is -2.19. The van der Waals surface area contributed by atoms with Crippen molar-refractivity contribution in [2.24, 2.45) is 0 Å². The summed E-state index contributed by atoms with van der Waals surface area (Å²) >= 11 is 0. The topological polar surface area (TPSA) is 35.5 Å². The first-order chi connectivity index (χ1) is 10.8. The van der Waals surface area contributed by atoms with Crippen molar-refractivity contribution >= 4 is 7.60 Å². The Morgan fingerprint density at radius 2 is 1.74 bits per heavy atom. The van der Waals surface area contributed by atoms with E-state index in [0.717, 1.165) is 17.7 Å². The van der Waals surface area contributed by atoms with Crippen LogP contribution in [0.3, 0.4) is 0 Å². The lowest BCUT2D eigenvalue weighted by atomic mass is 10.2. The fourth-order valence-electron chi connectivity index (χ4n) is 2.00. The molecule has 0 saturated heterocycles. The summed E-state index contributed by atoms with van der Waals surface area (Å²) in [7, 11) is -3.60. The van der Waals surface area contributed by atoms with Gasteiger partial charge in [-0.05, 0) is 30.7 Å². The predicted octanol–water partition coefficient (Wildman–Crippen LogP) is 5.51. The minimum Gasteiger partial charge on any atom is -0.424 e. The summed E-state index contributed by atoms with van der Waals surface area (Å²) in [6.45, 7) is 1.77. The van der Waals surface area contributed by atoms with Gasteiger partial charge in [-0.3, -0.25) is 4.52 Å².